The van der Waals surface area contributed by atoms with Gasteiger partial charge in [0, 0.05) is 30.6 Å². The van der Waals surface area contributed by atoms with Gasteiger partial charge in [-0.1, -0.05) is 0 Å². The molecule has 0 spiro atoms. The minimum Gasteiger partial charge on any atom is -0.483 e. The van der Waals surface area contributed by atoms with Crippen LogP contribution in [0.25, 0.3) is 0 Å². The van der Waals surface area contributed by atoms with E-state index in [-0.39, 0.29) is 23.9 Å². The molecule has 2 aromatic heterocycles. The fourth-order valence-electron chi connectivity index (χ4n) is 3.65. The Bertz CT molecular complexity index is 1130. The van der Waals surface area contributed by atoms with Gasteiger partial charge < -0.3 is 15.4 Å². The van der Waals surface area contributed by atoms with Crippen LogP contribution in [0.4, 0.5) is 9.18 Å². The highest BCUT2D eigenvalue weighted by Crippen LogP contribution is 2.34. The number of nitrogens with two attached hydrogens (primary N) is 1. The number of allylic oxidation sites excluding steroid dienone is 1. The number of carbonyl (C=O) groups excluding carboxylic acids is 1. The van der Waals surface area contributed by atoms with E-state index in [0.717, 1.165) is 21.8 Å². The highest BCUT2D eigenvalue weighted by molar-refractivity contribution is 7.11. The van der Waals surface area contributed by atoms with Crippen molar-refractivity contribution in [2.24, 2.45) is 15.8 Å². The van der Waals surface area contributed by atoms with Gasteiger partial charge in [0.2, 0.25) is 0 Å². The molecule has 4 heterocycles. The number of nitrogens with zero attached hydrogens (tertiary/aromatic N) is 6. The molecular formula is C22H26FN7O2S. The van der Waals surface area contributed by atoms with Crippen molar-refractivity contribution in [2.75, 3.05) is 20.1 Å². The zero-order chi connectivity index (χ0) is 23.7. The lowest BCUT2D eigenvalue weighted by molar-refractivity contribution is 0.0256. The second-order valence-corrected chi connectivity index (χ2v) is 9.17. The fraction of sp³-hybridized carbons (Fsp3) is 0.409. The van der Waals surface area contributed by atoms with Crippen molar-refractivity contribution in [3.05, 3.63) is 51.1 Å². The summed E-state index contributed by atoms with van der Waals surface area (Å²) in [4.78, 5) is 28.6. The number of hydrazone groups is 1. The van der Waals surface area contributed by atoms with Crippen LogP contribution in [0.1, 0.15) is 40.7 Å². The first-order chi connectivity index (χ1) is 15.8. The second kappa shape index (κ2) is 9.26. The molecule has 2 aromatic rings. The number of thiazole rings is 1. The van der Waals surface area contributed by atoms with E-state index in [4.69, 9.17) is 10.5 Å². The number of likely N-dealkylation sites (tertiary alicyclic amines) is 1. The van der Waals surface area contributed by atoms with Gasteiger partial charge in [-0.25, -0.2) is 19.2 Å². The third-order valence-electron chi connectivity index (χ3n) is 5.68. The average molecular weight is 472 g/mol. The minimum absolute atomic E-state index is 0.0638. The Morgan fingerprint density at radius 1 is 1.39 bits per heavy atom. The molecule has 1 saturated heterocycles. The Balaban J connectivity index is 1.40. The SMILES string of the molecule is CN=C(C(C)=CN)c1cc(OC2CN(C(=O)N3N=CCC3c3nc(C)c(C)s3)C2)c(F)cn1. The molecule has 1 unspecified atom stereocenters. The third-order valence-corrected chi connectivity index (χ3v) is 6.85. The summed E-state index contributed by atoms with van der Waals surface area (Å²) in [5.74, 6) is -0.513. The second-order valence-electron chi connectivity index (χ2n) is 7.94. The predicted octanol–water partition coefficient (Wildman–Crippen LogP) is 3.19. The van der Waals surface area contributed by atoms with Crippen molar-refractivity contribution in [3.8, 4) is 5.75 Å². The van der Waals surface area contributed by atoms with Crippen LogP contribution in [0.2, 0.25) is 0 Å². The Morgan fingerprint density at radius 3 is 2.79 bits per heavy atom. The Labute approximate surface area is 195 Å². The van der Waals surface area contributed by atoms with Gasteiger partial charge in [0.25, 0.3) is 0 Å². The van der Waals surface area contributed by atoms with Crippen LogP contribution in [-0.2, 0) is 0 Å². The number of hydrogen-bond acceptors (Lipinski definition) is 8. The molecule has 0 aliphatic carbocycles. The van der Waals surface area contributed by atoms with Crippen molar-refractivity contribution < 1.29 is 13.9 Å². The fourth-order valence-corrected chi connectivity index (χ4v) is 4.67. The first-order valence-electron chi connectivity index (χ1n) is 10.5. The van der Waals surface area contributed by atoms with Crippen molar-refractivity contribution in [3.63, 3.8) is 0 Å². The van der Waals surface area contributed by atoms with Crippen LogP contribution >= 0.6 is 11.3 Å². The molecule has 2 N–H and O–H groups in total. The number of pyridine rings is 1. The maximum atomic E-state index is 14.3. The van der Waals surface area contributed by atoms with Gasteiger partial charge in [0.15, 0.2) is 11.6 Å². The monoisotopic (exact) mass is 471 g/mol. The molecule has 9 nitrogen and oxygen atoms in total. The topological polar surface area (TPSA) is 109 Å². The average Bonchev–Trinajstić information content (AvgIpc) is 3.38. The number of urea groups is 1. The largest absolute Gasteiger partial charge is 0.483 e. The van der Waals surface area contributed by atoms with Crippen molar-refractivity contribution >= 4 is 29.3 Å². The smallest absolute Gasteiger partial charge is 0.341 e. The van der Waals surface area contributed by atoms with E-state index in [1.54, 1.807) is 36.4 Å². The predicted molar refractivity (Wildman–Crippen MR) is 125 cm³/mol. The maximum Gasteiger partial charge on any atom is 0.341 e. The first-order valence-corrected chi connectivity index (χ1v) is 11.4. The molecule has 0 saturated carbocycles. The molecule has 1 atom stereocenters. The van der Waals surface area contributed by atoms with Crippen molar-refractivity contribution in [1.29, 1.82) is 0 Å². The molecule has 4 rings (SSSR count). The molecule has 2 aliphatic heterocycles. The van der Waals surface area contributed by atoms with E-state index in [2.05, 4.69) is 20.1 Å². The van der Waals surface area contributed by atoms with Gasteiger partial charge >= 0.3 is 6.03 Å². The summed E-state index contributed by atoms with van der Waals surface area (Å²) in [6.45, 7) is 6.44. The van der Waals surface area contributed by atoms with Crippen molar-refractivity contribution in [1.82, 2.24) is 19.9 Å². The summed E-state index contributed by atoms with van der Waals surface area (Å²) in [5.41, 5.74) is 8.29. The van der Waals surface area contributed by atoms with Crippen LogP contribution in [0.3, 0.4) is 0 Å². The summed E-state index contributed by atoms with van der Waals surface area (Å²) < 4.78 is 20.2. The molecule has 33 heavy (non-hydrogen) atoms. The molecule has 11 heteroatoms. The number of halogens is 1. The van der Waals surface area contributed by atoms with E-state index in [1.165, 1.54) is 17.3 Å². The van der Waals surface area contributed by atoms with E-state index < -0.39 is 5.82 Å². The molecule has 0 aromatic carbocycles. The number of amides is 2. The number of aliphatic imine (C=N–C) groups is 1. The molecular weight excluding hydrogens is 445 g/mol. The normalized spacial score (nSPS) is 19.2. The maximum absolute atomic E-state index is 14.3. The summed E-state index contributed by atoms with van der Waals surface area (Å²) in [6.07, 6.45) is 4.56. The summed E-state index contributed by atoms with van der Waals surface area (Å²) in [6, 6.07) is 1.10. The summed E-state index contributed by atoms with van der Waals surface area (Å²) >= 11 is 1.59. The number of aromatic nitrogens is 2. The van der Waals surface area contributed by atoms with Crippen LogP contribution in [-0.4, -0.2) is 64.1 Å². The Hall–Kier alpha value is -3.34. The molecule has 0 radical (unpaired) electrons. The van der Waals surface area contributed by atoms with E-state index >= 15 is 0 Å². The molecule has 2 amide bonds. The van der Waals surface area contributed by atoms with Crippen molar-refractivity contribution in [2.45, 2.75) is 39.3 Å². The van der Waals surface area contributed by atoms with Gasteiger partial charge in [-0.2, -0.15) is 5.10 Å². The first kappa shape index (κ1) is 22.8. The number of carbonyl (C=O) groups is 1. The van der Waals surface area contributed by atoms with Crippen LogP contribution in [0, 0.1) is 19.7 Å². The number of hydrogen-bond donors (Lipinski definition) is 1. The third kappa shape index (κ3) is 4.45. The van der Waals surface area contributed by atoms with E-state index in [0.29, 0.717) is 36.5 Å². The number of rotatable bonds is 5. The van der Waals surface area contributed by atoms with Gasteiger partial charge in [0.05, 0.1) is 36.4 Å². The molecule has 1 fully saturated rings. The van der Waals surface area contributed by atoms with Gasteiger partial charge in [-0.05, 0) is 32.5 Å². The quantitative estimate of drug-likeness (QED) is 0.674. The summed E-state index contributed by atoms with van der Waals surface area (Å²) in [5, 5.41) is 6.63. The zero-order valence-electron chi connectivity index (χ0n) is 18.9. The lowest BCUT2D eigenvalue weighted by Crippen LogP contribution is -2.58. The van der Waals surface area contributed by atoms with Gasteiger partial charge in [-0.3, -0.25) is 9.98 Å². The molecule has 174 valence electrons. The highest BCUT2D eigenvalue weighted by Gasteiger charge is 2.40. The van der Waals surface area contributed by atoms with Crippen LogP contribution in [0.15, 0.2) is 34.1 Å². The molecule has 2 aliphatic rings. The zero-order valence-corrected chi connectivity index (χ0v) is 19.8. The Morgan fingerprint density at radius 2 is 2.15 bits per heavy atom. The van der Waals surface area contributed by atoms with Gasteiger partial charge in [-0.15, -0.1) is 11.3 Å². The standard InChI is InChI=1S/C22H26FN7O2S/c1-12(8-24)20(25-4)17-7-19(16(23)9-26-17)32-15-10-29(11-15)22(31)30-18(5-6-27-30)21-28-13(2)14(3)33-21/h6-9,15,18H,5,10-11,24H2,1-4H3. The van der Waals surface area contributed by atoms with E-state index in [9.17, 15) is 9.18 Å². The lowest BCUT2D eigenvalue weighted by Gasteiger charge is -2.40. The Kier molecular flexibility index (Phi) is 6.41. The minimum atomic E-state index is -0.577. The van der Waals surface area contributed by atoms with Crippen LogP contribution < -0.4 is 10.5 Å². The van der Waals surface area contributed by atoms with Crippen LogP contribution in [0.5, 0.6) is 5.75 Å². The van der Waals surface area contributed by atoms with Gasteiger partial charge in [0.1, 0.15) is 17.2 Å². The molecule has 0 bridgehead atoms. The number of aryl methyl sites for hydroxylation is 2. The highest BCUT2D eigenvalue weighted by atomic mass is 32.1. The van der Waals surface area contributed by atoms with E-state index in [1.807, 2.05) is 13.8 Å². The number of ether oxygens (including phenoxy) is 1. The lowest BCUT2D eigenvalue weighted by atomic mass is 10.1. The summed E-state index contributed by atoms with van der Waals surface area (Å²) in [7, 11) is 1.62.